The molecular weight excluding hydrogens is 210 g/mol. The fraction of sp³-hybridized carbons (Fsp3) is 0. The summed E-state index contributed by atoms with van der Waals surface area (Å²) in [4.78, 5) is 8.56. The maximum atomic E-state index is 8.56. The van der Waals surface area contributed by atoms with Crippen molar-refractivity contribution in [3.05, 3.63) is 0 Å². The normalized spacial score (nSPS) is 4.80. The third kappa shape index (κ3) is 84.9. The Morgan fingerprint density at radius 3 is 1.40 bits per heavy atom. The second-order valence-corrected chi connectivity index (χ2v) is 0.283. The topological polar surface area (TPSA) is 57.5 Å². The molecule has 0 aromatic heterocycles. The van der Waals surface area contributed by atoms with Crippen LogP contribution in [-0.2, 0) is 0 Å². The average molecular weight is 212 g/mol. The van der Waals surface area contributed by atoms with Crippen LogP contribution < -0.4 is 0 Å². The summed E-state index contributed by atoms with van der Waals surface area (Å²) in [6.07, 6.45) is -1.83. The van der Waals surface area contributed by atoms with Gasteiger partial charge in [0.15, 0.2) is 0 Å². The van der Waals surface area contributed by atoms with Crippen molar-refractivity contribution < 1.29 is 55.4 Å². The zero-order valence-corrected chi connectivity index (χ0v) is 4.83. The Kier molecular flexibility index (Phi) is 8.43. The molecule has 0 amide bonds. The molecule has 4 heteroatoms. The minimum absolute atomic E-state index is 0. The molecule has 0 fully saturated rings. The van der Waals surface area contributed by atoms with Crippen molar-refractivity contribution >= 4 is 6.16 Å². The Morgan fingerprint density at radius 2 is 1.40 bits per heavy atom. The standard InChI is InChI=1S/CH2O3.Sm/c2-1(3)4;/h(H2,2,3,4);. The summed E-state index contributed by atoms with van der Waals surface area (Å²) in [5.74, 6) is 0. The number of rotatable bonds is 0. The SMILES string of the molecule is O=C(O)O.[Sm]. The Balaban J connectivity index is 0. The first-order chi connectivity index (χ1) is 1.73. The van der Waals surface area contributed by atoms with E-state index in [2.05, 4.69) is 0 Å². The summed E-state index contributed by atoms with van der Waals surface area (Å²) < 4.78 is 0. The monoisotopic (exact) mass is 214 g/mol. The largest absolute Gasteiger partial charge is 0.503 e. The molecule has 0 aliphatic carbocycles. The van der Waals surface area contributed by atoms with Gasteiger partial charge in [-0.3, -0.25) is 0 Å². The van der Waals surface area contributed by atoms with E-state index in [1.54, 1.807) is 0 Å². The van der Waals surface area contributed by atoms with Gasteiger partial charge < -0.3 is 10.2 Å². The number of hydrogen-bond acceptors (Lipinski definition) is 1. The van der Waals surface area contributed by atoms with E-state index >= 15 is 0 Å². The molecule has 0 bridgehead atoms. The predicted molar refractivity (Wildman–Crippen MR) is 10.7 cm³/mol. The first-order valence-electron chi connectivity index (χ1n) is 0.651. The molecule has 0 aliphatic heterocycles. The van der Waals surface area contributed by atoms with Crippen molar-refractivity contribution in [2.75, 3.05) is 0 Å². The molecule has 0 unspecified atom stereocenters. The van der Waals surface area contributed by atoms with Crippen LogP contribution in [0.25, 0.3) is 0 Å². The molecule has 0 aromatic rings. The van der Waals surface area contributed by atoms with Gasteiger partial charge in [0.25, 0.3) is 0 Å². The van der Waals surface area contributed by atoms with Crippen LogP contribution in [0.3, 0.4) is 0 Å². The summed E-state index contributed by atoms with van der Waals surface area (Å²) >= 11 is 0. The van der Waals surface area contributed by atoms with Crippen LogP contribution >= 0.6 is 0 Å². The van der Waals surface area contributed by atoms with Crippen molar-refractivity contribution in [1.29, 1.82) is 0 Å². The average Bonchev–Trinajstić information content (AvgIpc) is 0.811. The van der Waals surface area contributed by atoms with E-state index in [4.69, 9.17) is 15.0 Å². The molecule has 30 valence electrons. The van der Waals surface area contributed by atoms with Crippen LogP contribution in [0, 0.1) is 40.4 Å². The molecule has 0 aromatic carbocycles. The van der Waals surface area contributed by atoms with E-state index in [1.807, 2.05) is 0 Å². The van der Waals surface area contributed by atoms with Gasteiger partial charge in [0.05, 0.1) is 0 Å². The van der Waals surface area contributed by atoms with Crippen molar-refractivity contribution in [3.63, 3.8) is 0 Å². The predicted octanol–water partition coefficient (Wildman–Crippen LogP) is 0.222. The molecular formula is CH2O3Sm. The molecule has 0 rings (SSSR count). The van der Waals surface area contributed by atoms with E-state index in [1.165, 1.54) is 0 Å². The molecule has 0 aliphatic rings. The Labute approximate surface area is 61.1 Å². The molecule has 0 saturated heterocycles. The van der Waals surface area contributed by atoms with Gasteiger partial charge in [0, 0.05) is 40.4 Å². The van der Waals surface area contributed by atoms with Crippen LogP contribution in [0.4, 0.5) is 4.79 Å². The van der Waals surface area contributed by atoms with E-state index < -0.39 is 6.16 Å². The maximum absolute atomic E-state index is 8.56. The van der Waals surface area contributed by atoms with Gasteiger partial charge in [-0.1, -0.05) is 0 Å². The maximum Gasteiger partial charge on any atom is 0.503 e. The molecule has 3 nitrogen and oxygen atoms in total. The first kappa shape index (κ1) is 9.15. The quantitative estimate of drug-likeness (QED) is 0.604. The Morgan fingerprint density at radius 1 is 1.40 bits per heavy atom. The number of carboxylic acid groups (broad SMARTS) is 2. The molecule has 0 spiro atoms. The fourth-order valence-corrected chi connectivity index (χ4v) is 0. The first-order valence-corrected chi connectivity index (χ1v) is 0.651. The van der Waals surface area contributed by atoms with Gasteiger partial charge in [0.2, 0.25) is 0 Å². The van der Waals surface area contributed by atoms with Crippen LogP contribution in [0.15, 0.2) is 0 Å². The number of carbonyl (C=O) groups is 1. The zero-order chi connectivity index (χ0) is 3.58. The van der Waals surface area contributed by atoms with Gasteiger partial charge in [-0.2, -0.15) is 0 Å². The smallest absolute Gasteiger partial charge is 0.450 e. The van der Waals surface area contributed by atoms with Gasteiger partial charge in [-0.15, -0.1) is 0 Å². The summed E-state index contributed by atoms with van der Waals surface area (Å²) in [5.41, 5.74) is 0. The van der Waals surface area contributed by atoms with Crippen molar-refractivity contribution in [3.8, 4) is 0 Å². The Hall–Kier alpha value is 0.608. The van der Waals surface area contributed by atoms with Crippen LogP contribution in [0.2, 0.25) is 0 Å². The second-order valence-electron chi connectivity index (χ2n) is 0.283. The van der Waals surface area contributed by atoms with Gasteiger partial charge in [0.1, 0.15) is 0 Å². The number of hydrogen-bond donors (Lipinski definition) is 2. The van der Waals surface area contributed by atoms with Gasteiger partial charge in [-0.25, -0.2) is 4.79 Å². The fourth-order valence-electron chi connectivity index (χ4n) is 0. The van der Waals surface area contributed by atoms with E-state index in [9.17, 15) is 0 Å². The molecule has 2 N–H and O–H groups in total. The van der Waals surface area contributed by atoms with E-state index in [0.29, 0.717) is 0 Å². The van der Waals surface area contributed by atoms with Crippen LogP contribution in [0.5, 0.6) is 0 Å². The molecule has 5 heavy (non-hydrogen) atoms. The molecule has 0 radical (unpaired) electrons. The summed E-state index contributed by atoms with van der Waals surface area (Å²) in [5, 5.41) is 13.9. The van der Waals surface area contributed by atoms with E-state index in [0.717, 1.165) is 0 Å². The molecule has 0 saturated carbocycles. The van der Waals surface area contributed by atoms with E-state index in [-0.39, 0.29) is 40.4 Å². The second kappa shape index (κ2) is 4.61. The zero-order valence-electron chi connectivity index (χ0n) is 2.21. The third-order valence-corrected chi connectivity index (χ3v) is 0. The van der Waals surface area contributed by atoms with Crippen molar-refractivity contribution in [2.45, 2.75) is 0 Å². The molecule has 0 heterocycles. The van der Waals surface area contributed by atoms with Crippen LogP contribution in [-0.4, -0.2) is 16.4 Å². The molecule has 0 atom stereocenters. The van der Waals surface area contributed by atoms with Crippen molar-refractivity contribution in [2.24, 2.45) is 0 Å². The summed E-state index contributed by atoms with van der Waals surface area (Å²) in [6, 6.07) is 0. The third-order valence-electron chi connectivity index (χ3n) is 0. The van der Waals surface area contributed by atoms with Gasteiger partial charge >= 0.3 is 6.16 Å². The summed E-state index contributed by atoms with van der Waals surface area (Å²) in [6.45, 7) is 0. The van der Waals surface area contributed by atoms with Crippen molar-refractivity contribution in [1.82, 2.24) is 0 Å². The van der Waals surface area contributed by atoms with Gasteiger partial charge in [-0.05, 0) is 0 Å². The van der Waals surface area contributed by atoms with Crippen LogP contribution in [0.1, 0.15) is 0 Å². The Bertz CT molecular complexity index is 29.9. The minimum Gasteiger partial charge on any atom is -0.450 e. The summed E-state index contributed by atoms with van der Waals surface area (Å²) in [7, 11) is 0. The minimum atomic E-state index is -1.83.